The molecule has 0 atom stereocenters. The Kier molecular flexibility index (Phi) is 5.22. The highest BCUT2D eigenvalue weighted by Gasteiger charge is 2.28. The van der Waals surface area contributed by atoms with E-state index in [1.165, 1.54) is 15.9 Å². The molecule has 9 heteroatoms. The van der Waals surface area contributed by atoms with Crippen LogP contribution in [0.3, 0.4) is 0 Å². The van der Waals surface area contributed by atoms with Crippen LogP contribution in [0.5, 0.6) is 0 Å². The Hall–Kier alpha value is -3.33. The molecule has 3 aromatic heterocycles. The summed E-state index contributed by atoms with van der Waals surface area (Å²) in [5, 5.41) is 6.45. The van der Waals surface area contributed by atoms with E-state index in [0.717, 1.165) is 5.56 Å². The van der Waals surface area contributed by atoms with E-state index in [2.05, 4.69) is 15.3 Å². The molecule has 2 amide bonds. The second-order valence-electron chi connectivity index (χ2n) is 6.79. The van der Waals surface area contributed by atoms with Crippen molar-refractivity contribution < 1.29 is 9.59 Å². The highest BCUT2D eigenvalue weighted by Crippen LogP contribution is 2.22. The summed E-state index contributed by atoms with van der Waals surface area (Å²) in [6, 6.07) is 1.80. The number of aromatic nitrogens is 3. The number of carbonyl (C=O) groups is 2. The van der Waals surface area contributed by atoms with E-state index in [1.54, 1.807) is 42.8 Å². The average Bonchev–Trinajstić information content (AvgIpc) is 3.28. The monoisotopic (exact) mass is 409 g/mol. The summed E-state index contributed by atoms with van der Waals surface area (Å²) in [7, 11) is 1.61. The van der Waals surface area contributed by atoms with Crippen molar-refractivity contribution >= 4 is 23.2 Å². The number of rotatable bonds is 4. The Balaban J connectivity index is 1.59. The molecule has 0 saturated carbocycles. The van der Waals surface area contributed by atoms with Crippen molar-refractivity contribution in [3.05, 3.63) is 79.9 Å². The smallest absolute Gasteiger partial charge is 0.263 e. The Morgan fingerprint density at radius 3 is 2.90 bits per heavy atom. The van der Waals surface area contributed by atoms with Gasteiger partial charge in [-0.1, -0.05) is 0 Å². The second-order valence-corrected chi connectivity index (χ2v) is 7.57. The van der Waals surface area contributed by atoms with Crippen molar-refractivity contribution in [3.63, 3.8) is 0 Å². The van der Waals surface area contributed by atoms with Gasteiger partial charge in [0.05, 0.1) is 24.0 Å². The summed E-state index contributed by atoms with van der Waals surface area (Å²) in [4.78, 5) is 48.0. The minimum atomic E-state index is -0.439. The fourth-order valence-corrected chi connectivity index (χ4v) is 4.08. The minimum absolute atomic E-state index is 0.0422. The molecule has 1 aliphatic rings. The first kappa shape index (κ1) is 19.0. The minimum Gasteiger partial charge on any atom is -0.346 e. The van der Waals surface area contributed by atoms with Crippen LogP contribution in [0.4, 0.5) is 0 Å². The molecule has 4 heterocycles. The van der Waals surface area contributed by atoms with Crippen molar-refractivity contribution in [2.24, 2.45) is 7.05 Å². The highest BCUT2D eigenvalue weighted by molar-refractivity contribution is 7.08. The Bertz CT molecular complexity index is 1110. The third kappa shape index (κ3) is 3.81. The molecular weight excluding hydrogens is 390 g/mol. The van der Waals surface area contributed by atoms with Gasteiger partial charge in [-0.15, -0.1) is 0 Å². The van der Waals surface area contributed by atoms with Gasteiger partial charge in [0.2, 0.25) is 0 Å². The van der Waals surface area contributed by atoms with Gasteiger partial charge in [-0.3, -0.25) is 24.4 Å². The molecule has 0 saturated heterocycles. The highest BCUT2D eigenvalue weighted by atomic mass is 32.1. The van der Waals surface area contributed by atoms with Crippen LogP contribution >= 0.6 is 11.3 Å². The first-order valence-corrected chi connectivity index (χ1v) is 10.0. The van der Waals surface area contributed by atoms with Gasteiger partial charge in [0.15, 0.2) is 0 Å². The van der Waals surface area contributed by atoms with Crippen LogP contribution in [0.15, 0.2) is 46.4 Å². The maximum atomic E-state index is 12.8. The van der Waals surface area contributed by atoms with Gasteiger partial charge in [-0.25, -0.2) is 0 Å². The fraction of sp³-hybridized carbons (Fsp3) is 0.250. The Labute approximate surface area is 170 Å². The lowest BCUT2D eigenvalue weighted by molar-refractivity contribution is 0.0734. The predicted molar refractivity (Wildman–Crippen MR) is 108 cm³/mol. The lowest BCUT2D eigenvalue weighted by atomic mass is 9.95. The molecule has 0 aromatic carbocycles. The predicted octanol–water partition coefficient (Wildman–Crippen LogP) is 1.37. The van der Waals surface area contributed by atoms with Crippen LogP contribution < -0.4 is 10.9 Å². The van der Waals surface area contributed by atoms with Gasteiger partial charge in [-0.2, -0.15) is 11.3 Å². The number of thiophene rings is 1. The zero-order valence-corrected chi connectivity index (χ0v) is 16.6. The SMILES string of the molecule is Cn1cc2c(c(C(=O)NCc3cnccn3)c1=O)CCN(C(=O)c1ccsc1)C2. The molecule has 8 nitrogen and oxygen atoms in total. The molecule has 1 N–H and O–H groups in total. The number of fused-ring (bicyclic) bond motifs is 1. The van der Waals surface area contributed by atoms with E-state index in [-0.39, 0.29) is 23.6 Å². The quantitative estimate of drug-likeness (QED) is 0.702. The normalized spacial score (nSPS) is 13.1. The maximum absolute atomic E-state index is 12.8. The Morgan fingerprint density at radius 1 is 1.31 bits per heavy atom. The molecule has 3 aromatic rings. The van der Waals surface area contributed by atoms with Gasteiger partial charge < -0.3 is 14.8 Å². The second kappa shape index (κ2) is 7.96. The molecule has 0 unspecified atom stereocenters. The largest absolute Gasteiger partial charge is 0.346 e. The topological polar surface area (TPSA) is 97.2 Å². The summed E-state index contributed by atoms with van der Waals surface area (Å²) in [5.41, 5.74) is 2.57. The number of nitrogens with one attached hydrogen (secondary N) is 1. The molecular formula is C20H19N5O3S. The molecule has 0 fully saturated rings. The first-order chi connectivity index (χ1) is 14.0. The number of amides is 2. The van der Waals surface area contributed by atoms with Crippen LogP contribution in [0.1, 0.15) is 37.5 Å². The van der Waals surface area contributed by atoms with Gasteiger partial charge in [0.25, 0.3) is 17.4 Å². The maximum Gasteiger partial charge on any atom is 0.263 e. The molecule has 0 radical (unpaired) electrons. The molecule has 1 aliphatic heterocycles. The molecule has 0 aliphatic carbocycles. The lowest BCUT2D eigenvalue weighted by Crippen LogP contribution is -2.40. The number of pyridine rings is 1. The van der Waals surface area contributed by atoms with Crippen LogP contribution in [0.25, 0.3) is 0 Å². The van der Waals surface area contributed by atoms with Crippen molar-refractivity contribution in [3.8, 4) is 0 Å². The summed E-state index contributed by atoms with van der Waals surface area (Å²) in [6.45, 7) is 1.00. The third-order valence-corrected chi connectivity index (χ3v) is 5.58. The van der Waals surface area contributed by atoms with Gasteiger partial charge in [-0.05, 0) is 29.0 Å². The van der Waals surface area contributed by atoms with Gasteiger partial charge in [0.1, 0.15) is 5.56 Å². The molecule has 4 rings (SSSR count). The first-order valence-electron chi connectivity index (χ1n) is 9.10. The molecule has 0 bridgehead atoms. The summed E-state index contributed by atoms with van der Waals surface area (Å²) in [6.07, 6.45) is 6.83. The van der Waals surface area contributed by atoms with Crippen LogP contribution in [-0.2, 0) is 26.6 Å². The van der Waals surface area contributed by atoms with E-state index < -0.39 is 5.91 Å². The third-order valence-electron chi connectivity index (χ3n) is 4.90. The molecule has 148 valence electrons. The Morgan fingerprint density at radius 2 is 2.17 bits per heavy atom. The van der Waals surface area contributed by atoms with Crippen LogP contribution in [-0.4, -0.2) is 37.8 Å². The van der Waals surface area contributed by atoms with Crippen molar-refractivity contribution in [2.75, 3.05) is 6.54 Å². The number of hydrogen-bond donors (Lipinski definition) is 1. The van der Waals surface area contributed by atoms with Crippen molar-refractivity contribution in [2.45, 2.75) is 19.5 Å². The molecule has 0 spiro atoms. The average molecular weight is 409 g/mol. The standard InChI is InChI=1S/C20H19N5O3S/c1-24-10-14-11-25(19(27)13-3-7-29-12-13)6-2-16(14)17(20(24)28)18(26)23-9-15-8-21-4-5-22-15/h3-5,7-8,10,12H,2,6,9,11H2,1H3,(H,23,26). The number of hydrogen-bond acceptors (Lipinski definition) is 6. The van der Waals surface area contributed by atoms with Crippen molar-refractivity contribution in [1.82, 2.24) is 24.8 Å². The zero-order chi connectivity index (χ0) is 20.4. The van der Waals surface area contributed by atoms with E-state index in [0.29, 0.717) is 36.3 Å². The summed E-state index contributed by atoms with van der Waals surface area (Å²) in [5.74, 6) is -0.481. The summed E-state index contributed by atoms with van der Waals surface area (Å²) < 4.78 is 1.40. The summed E-state index contributed by atoms with van der Waals surface area (Å²) >= 11 is 1.48. The number of aryl methyl sites for hydroxylation is 1. The van der Waals surface area contributed by atoms with Gasteiger partial charge in [0, 0.05) is 44.1 Å². The van der Waals surface area contributed by atoms with E-state index in [4.69, 9.17) is 0 Å². The fourth-order valence-electron chi connectivity index (χ4n) is 3.45. The molecule has 29 heavy (non-hydrogen) atoms. The van der Waals surface area contributed by atoms with E-state index in [1.807, 2.05) is 10.8 Å². The van der Waals surface area contributed by atoms with Crippen molar-refractivity contribution in [1.29, 1.82) is 0 Å². The van der Waals surface area contributed by atoms with Crippen LogP contribution in [0, 0.1) is 0 Å². The number of carbonyl (C=O) groups excluding carboxylic acids is 2. The van der Waals surface area contributed by atoms with E-state index in [9.17, 15) is 14.4 Å². The van der Waals surface area contributed by atoms with Crippen LogP contribution in [0.2, 0.25) is 0 Å². The zero-order valence-electron chi connectivity index (χ0n) is 15.8. The van der Waals surface area contributed by atoms with E-state index >= 15 is 0 Å². The van der Waals surface area contributed by atoms with Gasteiger partial charge >= 0.3 is 0 Å². The lowest BCUT2D eigenvalue weighted by Gasteiger charge is -2.30. The number of nitrogens with zero attached hydrogens (tertiary/aromatic N) is 4.